The molecule has 1 unspecified atom stereocenters. The predicted octanol–water partition coefficient (Wildman–Crippen LogP) is 4.59. The molecule has 0 aromatic heterocycles. The van der Waals surface area contributed by atoms with Crippen LogP contribution in [-0.4, -0.2) is 24.2 Å². The Labute approximate surface area is 179 Å². The molecule has 6 nitrogen and oxygen atoms in total. The SMILES string of the molecule is CCOC(=O)c1ccc2c(c1)NC(=O)C2C(=Nc1ccc(C#N)cc1)c1ccccc1. The second-order valence-electron chi connectivity index (χ2n) is 6.97. The largest absolute Gasteiger partial charge is 0.462 e. The monoisotopic (exact) mass is 409 g/mol. The van der Waals surface area contributed by atoms with Crippen LogP contribution in [0.4, 0.5) is 11.4 Å². The first-order valence-electron chi connectivity index (χ1n) is 9.87. The zero-order chi connectivity index (χ0) is 21.8. The van der Waals surface area contributed by atoms with Gasteiger partial charge in [-0.3, -0.25) is 9.79 Å². The zero-order valence-corrected chi connectivity index (χ0v) is 16.8. The number of ether oxygens (including phenoxy) is 1. The Hall–Kier alpha value is -4.24. The van der Waals surface area contributed by atoms with Gasteiger partial charge in [-0.15, -0.1) is 0 Å². The number of nitrogens with zero attached hydrogens (tertiary/aromatic N) is 2. The number of amides is 1. The van der Waals surface area contributed by atoms with Crippen LogP contribution >= 0.6 is 0 Å². The number of nitriles is 1. The van der Waals surface area contributed by atoms with Crippen LogP contribution in [0, 0.1) is 11.3 Å². The summed E-state index contributed by atoms with van der Waals surface area (Å²) in [4.78, 5) is 29.8. The van der Waals surface area contributed by atoms with Crippen molar-refractivity contribution in [2.45, 2.75) is 12.8 Å². The van der Waals surface area contributed by atoms with E-state index < -0.39 is 11.9 Å². The summed E-state index contributed by atoms with van der Waals surface area (Å²) < 4.78 is 5.06. The molecule has 1 aliphatic heterocycles. The molecular weight excluding hydrogens is 390 g/mol. The molecule has 0 bridgehead atoms. The lowest BCUT2D eigenvalue weighted by Crippen LogP contribution is -2.21. The molecular formula is C25H19N3O3. The summed E-state index contributed by atoms with van der Waals surface area (Å²) in [5, 5.41) is 11.9. The molecule has 152 valence electrons. The van der Waals surface area contributed by atoms with Gasteiger partial charge in [-0.05, 0) is 54.4 Å². The van der Waals surface area contributed by atoms with E-state index in [0.717, 1.165) is 11.1 Å². The fraction of sp³-hybridized carbons (Fsp3) is 0.120. The average molecular weight is 409 g/mol. The summed E-state index contributed by atoms with van der Waals surface area (Å²) in [5.41, 5.74) is 4.28. The molecule has 0 fully saturated rings. The number of benzene rings is 3. The predicted molar refractivity (Wildman–Crippen MR) is 118 cm³/mol. The van der Waals surface area contributed by atoms with E-state index in [0.29, 0.717) is 28.2 Å². The number of rotatable bonds is 5. The molecule has 6 heteroatoms. The molecule has 31 heavy (non-hydrogen) atoms. The lowest BCUT2D eigenvalue weighted by atomic mass is 9.90. The highest BCUT2D eigenvalue weighted by atomic mass is 16.5. The van der Waals surface area contributed by atoms with E-state index >= 15 is 0 Å². The van der Waals surface area contributed by atoms with Crippen molar-refractivity contribution in [2.75, 3.05) is 11.9 Å². The van der Waals surface area contributed by atoms with Crippen LogP contribution in [0.2, 0.25) is 0 Å². The molecule has 0 radical (unpaired) electrons. The van der Waals surface area contributed by atoms with Gasteiger partial charge in [0.2, 0.25) is 5.91 Å². The third-order valence-corrected chi connectivity index (χ3v) is 4.98. The topological polar surface area (TPSA) is 91.5 Å². The Kier molecular flexibility index (Phi) is 5.59. The lowest BCUT2D eigenvalue weighted by Gasteiger charge is -2.14. The van der Waals surface area contributed by atoms with Gasteiger partial charge < -0.3 is 10.1 Å². The fourth-order valence-corrected chi connectivity index (χ4v) is 3.53. The molecule has 1 aliphatic rings. The molecule has 1 amide bonds. The number of carbonyl (C=O) groups is 2. The molecule has 3 aromatic rings. The second-order valence-corrected chi connectivity index (χ2v) is 6.97. The van der Waals surface area contributed by atoms with E-state index in [1.165, 1.54) is 0 Å². The molecule has 3 aromatic carbocycles. The summed E-state index contributed by atoms with van der Waals surface area (Å²) in [6.45, 7) is 2.02. The quantitative estimate of drug-likeness (QED) is 0.493. The summed E-state index contributed by atoms with van der Waals surface area (Å²) in [5.74, 6) is -1.28. The molecule has 0 aliphatic carbocycles. The van der Waals surface area contributed by atoms with E-state index in [4.69, 9.17) is 15.0 Å². The van der Waals surface area contributed by atoms with Crippen LogP contribution in [0.25, 0.3) is 0 Å². The van der Waals surface area contributed by atoms with Crippen LogP contribution in [0.15, 0.2) is 77.8 Å². The van der Waals surface area contributed by atoms with Crippen molar-refractivity contribution in [3.8, 4) is 6.07 Å². The molecule has 0 spiro atoms. The summed E-state index contributed by atoms with van der Waals surface area (Å²) >= 11 is 0. The van der Waals surface area contributed by atoms with E-state index in [9.17, 15) is 9.59 Å². The van der Waals surface area contributed by atoms with Gasteiger partial charge in [0, 0.05) is 5.69 Å². The minimum atomic E-state index is -0.635. The van der Waals surface area contributed by atoms with Gasteiger partial charge in [-0.1, -0.05) is 36.4 Å². The minimum Gasteiger partial charge on any atom is -0.462 e. The van der Waals surface area contributed by atoms with E-state index in [2.05, 4.69) is 11.4 Å². The summed E-state index contributed by atoms with van der Waals surface area (Å²) in [6.07, 6.45) is 0. The number of hydrogen-bond donors (Lipinski definition) is 1. The van der Waals surface area contributed by atoms with Gasteiger partial charge >= 0.3 is 5.97 Å². The summed E-state index contributed by atoms with van der Waals surface area (Å²) in [6, 6.07) is 23.5. The van der Waals surface area contributed by atoms with Crippen molar-refractivity contribution >= 4 is 29.0 Å². The first-order chi connectivity index (χ1) is 15.1. The van der Waals surface area contributed by atoms with Crippen LogP contribution in [0.5, 0.6) is 0 Å². The number of fused-ring (bicyclic) bond motifs is 1. The maximum atomic E-state index is 13.0. The van der Waals surface area contributed by atoms with E-state index in [-0.39, 0.29) is 12.5 Å². The number of hydrogen-bond acceptors (Lipinski definition) is 5. The van der Waals surface area contributed by atoms with Crippen molar-refractivity contribution in [1.82, 2.24) is 0 Å². The Morgan fingerprint density at radius 1 is 1.06 bits per heavy atom. The number of anilines is 1. The first kappa shape index (κ1) is 20.0. The normalized spacial score (nSPS) is 15.0. The van der Waals surface area contributed by atoms with Crippen molar-refractivity contribution in [2.24, 2.45) is 4.99 Å². The number of nitrogens with one attached hydrogen (secondary N) is 1. The van der Waals surface area contributed by atoms with Crippen molar-refractivity contribution in [3.05, 3.63) is 95.1 Å². The van der Waals surface area contributed by atoms with Crippen molar-refractivity contribution < 1.29 is 14.3 Å². The number of aliphatic imine (C=N–C) groups is 1. The van der Waals surface area contributed by atoms with Gasteiger partial charge in [0.05, 0.1) is 35.2 Å². The number of esters is 1. The number of carbonyl (C=O) groups excluding carboxylic acids is 2. The van der Waals surface area contributed by atoms with Crippen molar-refractivity contribution in [3.63, 3.8) is 0 Å². The highest BCUT2D eigenvalue weighted by molar-refractivity contribution is 6.24. The summed E-state index contributed by atoms with van der Waals surface area (Å²) in [7, 11) is 0. The maximum Gasteiger partial charge on any atom is 0.338 e. The van der Waals surface area contributed by atoms with Crippen LogP contribution in [0.1, 0.15) is 39.9 Å². The highest BCUT2D eigenvalue weighted by Crippen LogP contribution is 2.37. The van der Waals surface area contributed by atoms with E-state index in [1.54, 1.807) is 49.4 Å². The molecule has 1 heterocycles. The molecule has 1 atom stereocenters. The molecule has 4 rings (SSSR count). The van der Waals surface area contributed by atoms with Crippen LogP contribution < -0.4 is 5.32 Å². The zero-order valence-electron chi connectivity index (χ0n) is 16.8. The Morgan fingerprint density at radius 3 is 2.48 bits per heavy atom. The minimum absolute atomic E-state index is 0.216. The van der Waals surface area contributed by atoms with Gasteiger partial charge in [0.1, 0.15) is 5.92 Å². The van der Waals surface area contributed by atoms with Gasteiger partial charge in [0.25, 0.3) is 0 Å². The standard InChI is InChI=1S/C25H19N3O3/c1-2-31-25(30)18-10-13-20-21(14-18)28-24(29)22(20)23(17-6-4-3-5-7-17)27-19-11-8-16(15-26)9-12-19/h3-14,22H,2H2,1H3,(H,28,29). The van der Waals surface area contributed by atoms with Gasteiger partial charge in [-0.25, -0.2) is 4.79 Å². The second kappa shape index (κ2) is 8.64. The Morgan fingerprint density at radius 2 is 1.81 bits per heavy atom. The Balaban J connectivity index is 1.79. The maximum absolute atomic E-state index is 13.0. The molecule has 1 N–H and O–H groups in total. The third-order valence-electron chi connectivity index (χ3n) is 4.98. The molecule has 0 saturated carbocycles. The van der Waals surface area contributed by atoms with Crippen molar-refractivity contribution in [1.29, 1.82) is 5.26 Å². The highest BCUT2D eigenvalue weighted by Gasteiger charge is 2.36. The lowest BCUT2D eigenvalue weighted by molar-refractivity contribution is -0.115. The average Bonchev–Trinajstić information content (AvgIpc) is 3.13. The van der Waals surface area contributed by atoms with E-state index in [1.807, 2.05) is 30.3 Å². The smallest absolute Gasteiger partial charge is 0.338 e. The van der Waals surface area contributed by atoms with Gasteiger partial charge in [-0.2, -0.15) is 5.26 Å². The fourth-order valence-electron chi connectivity index (χ4n) is 3.53. The van der Waals surface area contributed by atoms with Gasteiger partial charge in [0.15, 0.2) is 0 Å². The van der Waals surface area contributed by atoms with Crippen LogP contribution in [0.3, 0.4) is 0 Å². The van der Waals surface area contributed by atoms with Crippen LogP contribution in [-0.2, 0) is 9.53 Å². The first-order valence-corrected chi connectivity index (χ1v) is 9.87. The Bertz CT molecular complexity index is 1210. The molecule has 0 saturated heterocycles. The third kappa shape index (κ3) is 4.07.